The van der Waals surface area contributed by atoms with E-state index in [-0.39, 0.29) is 17.8 Å². The van der Waals surface area contributed by atoms with Crippen molar-refractivity contribution in [3.05, 3.63) is 70.9 Å². The Hall–Kier alpha value is -4.02. The van der Waals surface area contributed by atoms with E-state index in [1.54, 1.807) is 45.0 Å². The van der Waals surface area contributed by atoms with Crippen LogP contribution in [0.5, 0.6) is 0 Å². The van der Waals surface area contributed by atoms with Crippen LogP contribution in [0, 0.1) is 0 Å². The summed E-state index contributed by atoms with van der Waals surface area (Å²) >= 11 is 0. The molecule has 2 aromatic carbocycles. The first-order valence-electron chi connectivity index (χ1n) is 11.8. The summed E-state index contributed by atoms with van der Waals surface area (Å²) < 4.78 is 44.1. The summed E-state index contributed by atoms with van der Waals surface area (Å²) in [6.45, 7) is 7.53. The van der Waals surface area contributed by atoms with Crippen LogP contribution in [0.1, 0.15) is 51.3 Å². The second-order valence-corrected chi connectivity index (χ2v) is 8.77. The normalized spacial score (nSPS) is 15.9. The van der Waals surface area contributed by atoms with Gasteiger partial charge in [-0.25, -0.2) is 14.4 Å². The average Bonchev–Trinajstić information content (AvgIpc) is 2.81. The van der Waals surface area contributed by atoms with Crippen molar-refractivity contribution in [3.63, 3.8) is 0 Å². The largest absolute Gasteiger partial charge is 0.459 e. The van der Waals surface area contributed by atoms with Crippen molar-refractivity contribution in [2.24, 2.45) is 0 Å². The molecule has 1 atom stereocenters. The number of esters is 1. The number of amides is 4. The van der Waals surface area contributed by atoms with E-state index in [1.807, 2.05) is 6.92 Å². The van der Waals surface area contributed by atoms with Gasteiger partial charge in [0.2, 0.25) is 0 Å². The molecule has 1 heterocycles. The molecule has 2 aromatic rings. The molecule has 1 unspecified atom stereocenters. The second kappa shape index (κ2) is 11.4. The van der Waals surface area contributed by atoms with Gasteiger partial charge in [-0.05, 0) is 63.1 Å². The number of rotatable bonds is 7. The van der Waals surface area contributed by atoms with E-state index < -0.39 is 29.8 Å². The first kappa shape index (κ1) is 27.6. The Labute approximate surface area is 212 Å². The fourth-order valence-corrected chi connectivity index (χ4v) is 3.89. The van der Waals surface area contributed by atoms with Crippen LogP contribution in [0.25, 0.3) is 0 Å². The number of anilines is 2. The number of nitrogens with one attached hydrogen (secondary N) is 3. The predicted molar refractivity (Wildman–Crippen MR) is 133 cm³/mol. The molecule has 37 heavy (non-hydrogen) atoms. The zero-order chi connectivity index (χ0) is 27.3. The molecule has 1 aliphatic rings. The van der Waals surface area contributed by atoms with Gasteiger partial charge in [-0.2, -0.15) is 13.2 Å². The topological polar surface area (TPSA) is 99.8 Å². The highest BCUT2D eigenvalue weighted by Gasteiger charge is 2.36. The third-order valence-electron chi connectivity index (χ3n) is 5.56. The molecule has 198 valence electrons. The van der Waals surface area contributed by atoms with E-state index in [9.17, 15) is 27.6 Å². The van der Waals surface area contributed by atoms with E-state index in [1.165, 1.54) is 17.0 Å². The van der Waals surface area contributed by atoms with Gasteiger partial charge in [0.1, 0.15) is 0 Å². The maximum absolute atomic E-state index is 12.9. The van der Waals surface area contributed by atoms with Crippen LogP contribution in [-0.2, 0) is 15.7 Å². The lowest BCUT2D eigenvalue weighted by atomic mass is 9.94. The molecule has 0 aromatic heterocycles. The number of benzene rings is 2. The molecule has 11 heteroatoms. The van der Waals surface area contributed by atoms with Gasteiger partial charge in [-0.3, -0.25) is 4.90 Å². The first-order chi connectivity index (χ1) is 17.4. The molecule has 4 amide bonds. The molecule has 0 spiro atoms. The van der Waals surface area contributed by atoms with Gasteiger partial charge in [0, 0.05) is 23.6 Å². The Morgan fingerprint density at radius 1 is 1.08 bits per heavy atom. The quantitative estimate of drug-likeness (QED) is 0.389. The van der Waals surface area contributed by atoms with E-state index in [2.05, 4.69) is 16.0 Å². The highest BCUT2D eigenvalue weighted by molar-refractivity contribution is 6.00. The van der Waals surface area contributed by atoms with Crippen LogP contribution in [0.4, 0.5) is 34.1 Å². The monoisotopic (exact) mass is 518 g/mol. The maximum Gasteiger partial charge on any atom is 0.416 e. The first-order valence-corrected chi connectivity index (χ1v) is 11.8. The molecule has 8 nitrogen and oxygen atoms in total. The summed E-state index contributed by atoms with van der Waals surface area (Å²) in [5, 5.41) is 7.77. The number of ether oxygens (including phenoxy) is 1. The molecule has 3 N–H and O–H groups in total. The van der Waals surface area contributed by atoms with E-state index in [0.29, 0.717) is 35.5 Å². The molecule has 1 aliphatic heterocycles. The molecule has 0 aliphatic carbocycles. The van der Waals surface area contributed by atoms with Crippen LogP contribution in [0.2, 0.25) is 0 Å². The fraction of sp³-hybridized carbons (Fsp3) is 0.346. The standard InChI is InChI=1S/C26H29F3N4O4/c1-5-13-33-16(4)21(23(34)37-15(2)3)22(32-25(33)36)17-9-11-19(12-10-17)30-24(35)31-20-8-6-7-18(14-20)26(27,28)29/h6-12,14-15,22H,5,13H2,1-4H3,(H,32,36)(H2,30,31,35). The Bertz CT molecular complexity index is 1190. The minimum absolute atomic E-state index is 0.0144. The van der Waals surface area contributed by atoms with E-state index in [4.69, 9.17) is 4.74 Å². The summed E-state index contributed by atoms with van der Waals surface area (Å²) in [5.41, 5.74) is 0.864. The highest BCUT2D eigenvalue weighted by atomic mass is 19.4. The van der Waals surface area contributed by atoms with Crippen molar-refractivity contribution in [1.29, 1.82) is 0 Å². The number of carbonyl (C=O) groups excluding carboxylic acids is 3. The number of nitrogens with zero attached hydrogens (tertiary/aromatic N) is 1. The summed E-state index contributed by atoms with van der Waals surface area (Å²) in [6, 6.07) is 8.85. The Balaban J connectivity index is 1.79. The Morgan fingerprint density at radius 3 is 2.32 bits per heavy atom. The van der Waals surface area contributed by atoms with E-state index in [0.717, 1.165) is 12.1 Å². The number of urea groups is 2. The second-order valence-electron chi connectivity index (χ2n) is 8.77. The van der Waals surface area contributed by atoms with Gasteiger partial charge in [-0.1, -0.05) is 25.1 Å². The summed E-state index contributed by atoms with van der Waals surface area (Å²) in [5.74, 6) is -0.540. The van der Waals surface area contributed by atoms with Crippen molar-refractivity contribution in [2.75, 3.05) is 17.2 Å². The number of allylic oxidation sites excluding steroid dienone is 1. The average molecular weight is 519 g/mol. The van der Waals surface area contributed by atoms with Crippen molar-refractivity contribution in [3.8, 4) is 0 Å². The highest BCUT2D eigenvalue weighted by Crippen LogP contribution is 2.33. The zero-order valence-corrected chi connectivity index (χ0v) is 20.9. The van der Waals surface area contributed by atoms with Crippen molar-refractivity contribution >= 4 is 29.4 Å². The predicted octanol–water partition coefficient (Wildman–Crippen LogP) is 6.05. The molecular weight excluding hydrogens is 489 g/mol. The van der Waals surface area contributed by atoms with Crippen LogP contribution >= 0.6 is 0 Å². The zero-order valence-electron chi connectivity index (χ0n) is 20.9. The van der Waals surface area contributed by atoms with Crippen LogP contribution < -0.4 is 16.0 Å². The number of hydrogen-bond donors (Lipinski definition) is 3. The van der Waals surface area contributed by atoms with Crippen molar-refractivity contribution in [1.82, 2.24) is 10.2 Å². The van der Waals surface area contributed by atoms with E-state index >= 15 is 0 Å². The lowest BCUT2D eigenvalue weighted by Gasteiger charge is -2.35. The third-order valence-corrected chi connectivity index (χ3v) is 5.56. The number of halogens is 3. The molecule has 0 radical (unpaired) electrons. The third kappa shape index (κ3) is 6.81. The molecule has 0 saturated carbocycles. The minimum atomic E-state index is -4.53. The van der Waals surface area contributed by atoms with Crippen molar-refractivity contribution < 1.29 is 32.3 Å². The Morgan fingerprint density at radius 2 is 1.73 bits per heavy atom. The van der Waals surface area contributed by atoms with Gasteiger partial charge < -0.3 is 20.7 Å². The van der Waals surface area contributed by atoms with Gasteiger partial charge in [0.05, 0.1) is 23.3 Å². The van der Waals surface area contributed by atoms with Gasteiger partial charge in [0.15, 0.2) is 0 Å². The summed E-state index contributed by atoms with van der Waals surface area (Å²) in [4.78, 5) is 39.5. The number of alkyl halides is 3. The molecule has 3 rings (SSSR count). The Kier molecular flexibility index (Phi) is 8.46. The smallest absolute Gasteiger partial charge is 0.416 e. The number of carbonyl (C=O) groups is 3. The lowest BCUT2D eigenvalue weighted by Crippen LogP contribution is -2.48. The molecule has 0 bridgehead atoms. The molecular formula is C26H29F3N4O4. The fourth-order valence-electron chi connectivity index (χ4n) is 3.89. The minimum Gasteiger partial charge on any atom is -0.459 e. The maximum atomic E-state index is 12.9. The van der Waals surface area contributed by atoms with Gasteiger partial charge in [-0.15, -0.1) is 0 Å². The van der Waals surface area contributed by atoms with Gasteiger partial charge in [0.25, 0.3) is 0 Å². The van der Waals surface area contributed by atoms with Crippen LogP contribution in [0.15, 0.2) is 59.8 Å². The van der Waals surface area contributed by atoms with Crippen LogP contribution in [-0.4, -0.2) is 35.6 Å². The van der Waals surface area contributed by atoms with Gasteiger partial charge >= 0.3 is 24.2 Å². The van der Waals surface area contributed by atoms with Crippen LogP contribution in [0.3, 0.4) is 0 Å². The van der Waals surface area contributed by atoms with Crippen molar-refractivity contribution in [2.45, 2.75) is 52.4 Å². The number of hydrogen-bond acceptors (Lipinski definition) is 4. The summed E-state index contributed by atoms with van der Waals surface area (Å²) in [6.07, 6.45) is -4.18. The summed E-state index contributed by atoms with van der Waals surface area (Å²) in [7, 11) is 0. The lowest BCUT2D eigenvalue weighted by molar-refractivity contribution is -0.143. The molecule has 0 fully saturated rings. The SMILES string of the molecule is CCCN1C(=O)NC(c2ccc(NC(=O)Nc3cccc(C(F)(F)F)c3)cc2)C(C(=O)OC(C)C)=C1C. The molecule has 0 saturated heterocycles.